The molecule has 5 rings (SSSR count). The van der Waals surface area contributed by atoms with E-state index in [0.29, 0.717) is 24.0 Å². The van der Waals surface area contributed by atoms with Gasteiger partial charge in [0.15, 0.2) is 5.16 Å². The number of hydrogen-bond donors (Lipinski definition) is 0. The standard InChI is InChI=1S/C22H22N4O2S2/c1-3-11-26-21(27)18-15-9-6-10-16(15)30-20(18)24-22(26)29-12-17-23-19(25-28-17)14-8-5-4-7-13(14)2/h4-5,7-8H,3,6,9-12H2,1-2H3. The number of aromatic nitrogens is 4. The quantitative estimate of drug-likeness (QED) is 0.311. The lowest BCUT2D eigenvalue weighted by Gasteiger charge is -2.10. The Balaban J connectivity index is 1.45. The van der Waals surface area contributed by atoms with Gasteiger partial charge in [-0.15, -0.1) is 11.3 Å². The highest BCUT2D eigenvalue weighted by atomic mass is 32.2. The van der Waals surface area contributed by atoms with Crippen molar-refractivity contribution in [2.75, 3.05) is 0 Å². The molecule has 1 aliphatic rings. The van der Waals surface area contributed by atoms with Crippen molar-refractivity contribution in [2.45, 2.75) is 57.0 Å². The Kier molecular flexibility index (Phi) is 5.20. The fourth-order valence-electron chi connectivity index (χ4n) is 3.96. The zero-order chi connectivity index (χ0) is 20.7. The lowest BCUT2D eigenvalue weighted by molar-refractivity contribution is 0.391. The molecular weight excluding hydrogens is 416 g/mol. The van der Waals surface area contributed by atoms with Crippen LogP contribution in [0, 0.1) is 6.92 Å². The Morgan fingerprint density at radius 2 is 2.10 bits per heavy atom. The summed E-state index contributed by atoms with van der Waals surface area (Å²) in [7, 11) is 0. The summed E-state index contributed by atoms with van der Waals surface area (Å²) in [6, 6.07) is 7.97. The van der Waals surface area contributed by atoms with E-state index >= 15 is 0 Å². The molecule has 0 bridgehead atoms. The average Bonchev–Trinajstić information content (AvgIpc) is 3.45. The van der Waals surface area contributed by atoms with Crippen LogP contribution in [0.3, 0.4) is 0 Å². The van der Waals surface area contributed by atoms with Gasteiger partial charge in [-0.1, -0.05) is 48.1 Å². The molecule has 30 heavy (non-hydrogen) atoms. The molecule has 0 spiro atoms. The summed E-state index contributed by atoms with van der Waals surface area (Å²) >= 11 is 3.16. The highest BCUT2D eigenvalue weighted by molar-refractivity contribution is 7.98. The minimum absolute atomic E-state index is 0.0925. The van der Waals surface area contributed by atoms with Gasteiger partial charge >= 0.3 is 0 Å². The van der Waals surface area contributed by atoms with E-state index in [1.165, 1.54) is 22.2 Å². The molecule has 0 aliphatic heterocycles. The molecular formula is C22H22N4O2S2. The molecule has 0 unspecified atom stereocenters. The van der Waals surface area contributed by atoms with Crippen LogP contribution in [0.2, 0.25) is 0 Å². The molecule has 3 aromatic heterocycles. The molecule has 4 aromatic rings. The van der Waals surface area contributed by atoms with Gasteiger partial charge in [0, 0.05) is 17.0 Å². The number of nitrogens with zero attached hydrogens (tertiary/aromatic N) is 4. The van der Waals surface area contributed by atoms with E-state index in [1.54, 1.807) is 11.3 Å². The van der Waals surface area contributed by atoms with E-state index in [-0.39, 0.29) is 5.56 Å². The van der Waals surface area contributed by atoms with Crippen molar-refractivity contribution in [1.29, 1.82) is 0 Å². The number of fused-ring (bicyclic) bond motifs is 3. The van der Waals surface area contributed by atoms with E-state index < -0.39 is 0 Å². The smallest absolute Gasteiger partial charge is 0.263 e. The molecule has 0 radical (unpaired) electrons. The summed E-state index contributed by atoms with van der Waals surface area (Å²) in [6.45, 7) is 4.77. The maximum atomic E-state index is 13.3. The predicted molar refractivity (Wildman–Crippen MR) is 120 cm³/mol. The van der Waals surface area contributed by atoms with E-state index in [4.69, 9.17) is 9.51 Å². The second-order valence-corrected chi connectivity index (χ2v) is 9.53. The molecule has 6 nitrogen and oxygen atoms in total. The van der Waals surface area contributed by atoms with E-state index in [2.05, 4.69) is 17.1 Å². The van der Waals surface area contributed by atoms with Gasteiger partial charge in [-0.3, -0.25) is 9.36 Å². The van der Waals surface area contributed by atoms with Crippen LogP contribution in [-0.4, -0.2) is 19.7 Å². The third-order valence-corrected chi connectivity index (χ3v) is 7.56. The molecule has 0 amide bonds. The van der Waals surface area contributed by atoms with Gasteiger partial charge in [-0.25, -0.2) is 4.98 Å². The Hall–Kier alpha value is -2.45. The van der Waals surface area contributed by atoms with Crippen molar-refractivity contribution in [3.63, 3.8) is 0 Å². The van der Waals surface area contributed by atoms with Gasteiger partial charge in [0.2, 0.25) is 11.7 Å². The van der Waals surface area contributed by atoms with Crippen LogP contribution in [0.5, 0.6) is 0 Å². The molecule has 0 saturated carbocycles. The first kappa shape index (κ1) is 19.5. The van der Waals surface area contributed by atoms with Crippen molar-refractivity contribution >= 4 is 33.3 Å². The molecule has 0 saturated heterocycles. The Morgan fingerprint density at radius 3 is 2.93 bits per heavy atom. The molecule has 154 valence electrons. The number of thioether (sulfide) groups is 1. The van der Waals surface area contributed by atoms with Crippen LogP contribution in [0.25, 0.3) is 21.6 Å². The Bertz CT molecular complexity index is 1290. The normalized spacial score (nSPS) is 13.3. The SMILES string of the molecule is CCCn1c(SCc2nc(-c3ccccc3C)no2)nc2sc3c(c2c1=O)CCC3. The Morgan fingerprint density at radius 1 is 1.23 bits per heavy atom. The van der Waals surface area contributed by atoms with Crippen LogP contribution < -0.4 is 5.56 Å². The second-order valence-electron chi connectivity index (χ2n) is 7.50. The van der Waals surface area contributed by atoms with Gasteiger partial charge in [-0.2, -0.15) is 4.98 Å². The number of aryl methyl sites for hydroxylation is 3. The van der Waals surface area contributed by atoms with E-state index in [9.17, 15) is 4.79 Å². The minimum atomic E-state index is 0.0925. The fourth-order valence-corrected chi connectivity index (χ4v) is 6.13. The average molecular weight is 439 g/mol. The third-order valence-electron chi connectivity index (χ3n) is 5.42. The minimum Gasteiger partial charge on any atom is -0.338 e. The topological polar surface area (TPSA) is 73.8 Å². The maximum absolute atomic E-state index is 13.3. The van der Waals surface area contributed by atoms with E-state index in [1.807, 2.05) is 35.8 Å². The summed E-state index contributed by atoms with van der Waals surface area (Å²) in [5.41, 5.74) is 3.39. The van der Waals surface area contributed by atoms with Gasteiger partial charge in [0.05, 0.1) is 11.1 Å². The van der Waals surface area contributed by atoms with Crippen LogP contribution in [0.15, 0.2) is 38.7 Å². The number of benzene rings is 1. The van der Waals surface area contributed by atoms with Crippen LogP contribution in [0.1, 0.15) is 41.7 Å². The molecule has 1 aromatic carbocycles. The zero-order valence-electron chi connectivity index (χ0n) is 17.0. The third kappa shape index (κ3) is 3.37. The predicted octanol–water partition coefficient (Wildman–Crippen LogP) is 5.01. The molecule has 0 N–H and O–H groups in total. The molecule has 8 heteroatoms. The molecule has 0 fully saturated rings. The lowest BCUT2D eigenvalue weighted by atomic mass is 10.1. The van der Waals surface area contributed by atoms with Crippen LogP contribution >= 0.6 is 23.1 Å². The lowest BCUT2D eigenvalue weighted by Crippen LogP contribution is -2.23. The summed E-state index contributed by atoms with van der Waals surface area (Å²) < 4.78 is 7.29. The summed E-state index contributed by atoms with van der Waals surface area (Å²) in [5, 5.41) is 5.70. The zero-order valence-corrected chi connectivity index (χ0v) is 18.6. The van der Waals surface area contributed by atoms with Crippen molar-refractivity contribution in [3.05, 3.63) is 56.5 Å². The van der Waals surface area contributed by atoms with E-state index in [0.717, 1.165) is 52.2 Å². The number of thiophene rings is 1. The van der Waals surface area contributed by atoms with Crippen LogP contribution in [-0.2, 0) is 25.1 Å². The first-order valence-electron chi connectivity index (χ1n) is 10.2. The monoisotopic (exact) mass is 438 g/mol. The van der Waals surface area contributed by atoms with Crippen molar-refractivity contribution in [1.82, 2.24) is 19.7 Å². The number of hydrogen-bond acceptors (Lipinski definition) is 7. The van der Waals surface area contributed by atoms with Gasteiger partial charge in [-0.05, 0) is 43.7 Å². The summed E-state index contributed by atoms with van der Waals surface area (Å²) in [6.07, 6.45) is 4.08. The van der Waals surface area contributed by atoms with Crippen molar-refractivity contribution < 1.29 is 4.52 Å². The fraction of sp³-hybridized carbons (Fsp3) is 0.364. The van der Waals surface area contributed by atoms with Crippen molar-refractivity contribution in [3.8, 4) is 11.4 Å². The molecule has 0 atom stereocenters. The van der Waals surface area contributed by atoms with Crippen molar-refractivity contribution in [2.24, 2.45) is 0 Å². The first-order valence-corrected chi connectivity index (χ1v) is 12.0. The second kappa shape index (κ2) is 8.00. The molecule has 3 heterocycles. The van der Waals surface area contributed by atoms with Gasteiger partial charge < -0.3 is 4.52 Å². The maximum Gasteiger partial charge on any atom is 0.263 e. The van der Waals surface area contributed by atoms with Gasteiger partial charge in [0.1, 0.15) is 4.83 Å². The molecule has 1 aliphatic carbocycles. The van der Waals surface area contributed by atoms with Gasteiger partial charge in [0.25, 0.3) is 5.56 Å². The largest absolute Gasteiger partial charge is 0.338 e. The number of rotatable bonds is 6. The highest BCUT2D eigenvalue weighted by Gasteiger charge is 2.23. The Labute approximate surface area is 182 Å². The van der Waals surface area contributed by atoms with Crippen LogP contribution in [0.4, 0.5) is 0 Å². The first-order chi connectivity index (χ1) is 14.7. The summed E-state index contributed by atoms with van der Waals surface area (Å²) in [5.74, 6) is 1.60. The highest BCUT2D eigenvalue weighted by Crippen LogP contribution is 2.36. The summed E-state index contributed by atoms with van der Waals surface area (Å²) in [4.78, 5) is 24.9.